The molecule has 3 saturated heterocycles. The summed E-state index contributed by atoms with van der Waals surface area (Å²) in [7, 11) is 1.74. The van der Waals surface area contributed by atoms with Gasteiger partial charge < -0.3 is 14.7 Å². The zero-order valence-electron chi connectivity index (χ0n) is 19.3. The Hall–Kier alpha value is -2.86. The van der Waals surface area contributed by atoms with Gasteiger partial charge in [0.1, 0.15) is 5.75 Å². The van der Waals surface area contributed by atoms with Crippen LogP contribution in [0.25, 0.3) is 0 Å². The van der Waals surface area contributed by atoms with Crippen LogP contribution in [-0.2, 0) is 11.2 Å². The van der Waals surface area contributed by atoms with Gasteiger partial charge in [-0.1, -0.05) is 36.8 Å². The predicted molar refractivity (Wildman–Crippen MR) is 127 cm³/mol. The molecule has 2 aromatic rings. The summed E-state index contributed by atoms with van der Waals surface area (Å²) in [5.74, 6) is 2.28. The van der Waals surface area contributed by atoms with Gasteiger partial charge >= 0.3 is 0 Å². The number of benzene rings is 2. The fourth-order valence-corrected chi connectivity index (χ4v) is 6.16. The van der Waals surface area contributed by atoms with Crippen LogP contribution in [0.3, 0.4) is 0 Å². The van der Waals surface area contributed by atoms with Crippen LogP contribution < -0.4 is 4.74 Å². The minimum absolute atomic E-state index is 0.203. The number of methoxy groups -OCH3 is 1. The van der Waals surface area contributed by atoms with E-state index in [4.69, 9.17) is 14.6 Å². The maximum atomic E-state index is 13.2. The third-order valence-corrected chi connectivity index (χ3v) is 7.51. The van der Waals surface area contributed by atoms with Crippen molar-refractivity contribution in [2.45, 2.75) is 44.2 Å². The third-order valence-electron chi connectivity index (χ3n) is 7.51. The van der Waals surface area contributed by atoms with E-state index >= 15 is 0 Å². The van der Waals surface area contributed by atoms with Crippen LogP contribution in [0.15, 0.2) is 54.6 Å². The van der Waals surface area contributed by atoms with E-state index in [0.29, 0.717) is 23.9 Å². The van der Waals surface area contributed by atoms with Gasteiger partial charge in [-0.15, -0.1) is 0 Å². The summed E-state index contributed by atoms with van der Waals surface area (Å²) >= 11 is 0. The van der Waals surface area contributed by atoms with E-state index in [1.54, 1.807) is 7.11 Å². The quantitative estimate of drug-likeness (QED) is 0.715. The topological polar surface area (TPSA) is 70.1 Å². The van der Waals surface area contributed by atoms with Crippen molar-refractivity contribution in [3.63, 3.8) is 0 Å². The van der Waals surface area contributed by atoms with Crippen LogP contribution >= 0.6 is 0 Å². The monoisotopic (exact) mass is 450 g/mol. The number of likely N-dealkylation sites (tertiary alicyclic amines) is 1. The van der Waals surface area contributed by atoms with Crippen molar-refractivity contribution in [1.82, 2.24) is 9.80 Å². The number of rotatable bonds is 4. The number of carbonyl (C=O) groups is 2. The fourth-order valence-electron chi connectivity index (χ4n) is 6.16. The second-order valence-electron chi connectivity index (χ2n) is 9.36. The number of amides is 1. The van der Waals surface area contributed by atoms with Crippen molar-refractivity contribution < 1.29 is 19.4 Å². The number of carbonyl (C=O) groups excluding carboxylic acids is 1. The Balaban J connectivity index is 0.000000821. The maximum Gasteiger partial charge on any atom is 0.290 e. The molecule has 6 heteroatoms. The predicted octanol–water partition coefficient (Wildman–Crippen LogP) is 3.95. The van der Waals surface area contributed by atoms with Crippen LogP contribution in [0.2, 0.25) is 0 Å². The Morgan fingerprint density at radius 2 is 1.85 bits per heavy atom. The van der Waals surface area contributed by atoms with Crippen molar-refractivity contribution in [3.8, 4) is 5.75 Å². The molecule has 1 amide bonds. The smallest absolute Gasteiger partial charge is 0.290 e. The largest absolute Gasteiger partial charge is 0.497 e. The Labute approximate surface area is 196 Å². The summed E-state index contributed by atoms with van der Waals surface area (Å²) in [6.45, 7) is 2.75. The first-order valence-corrected chi connectivity index (χ1v) is 12.0. The van der Waals surface area contributed by atoms with Gasteiger partial charge in [-0.25, -0.2) is 0 Å². The number of hydrogen-bond acceptors (Lipinski definition) is 4. The highest BCUT2D eigenvalue weighted by Crippen LogP contribution is 2.42. The van der Waals surface area contributed by atoms with Gasteiger partial charge in [0.15, 0.2) is 0 Å². The van der Waals surface area contributed by atoms with Gasteiger partial charge in [0.2, 0.25) is 0 Å². The van der Waals surface area contributed by atoms with Crippen molar-refractivity contribution in [1.29, 1.82) is 0 Å². The SMILES string of the molecule is COc1cccc(C[C@H]2[C@H]3C[C@H](CN(C(=O)c4ccccc4)C3)[C@@H]3CCCCN32)c1.O=CO. The summed E-state index contributed by atoms with van der Waals surface area (Å²) in [5.41, 5.74) is 2.16. The lowest BCUT2D eigenvalue weighted by atomic mass is 9.71. The molecule has 0 spiro atoms. The van der Waals surface area contributed by atoms with E-state index in [9.17, 15) is 4.79 Å². The zero-order valence-corrected chi connectivity index (χ0v) is 19.3. The standard InChI is InChI=1S/C26H32N2O2.CH2O2/c1-30-23-11-7-8-19(14-23)15-25-22-16-21(24-12-5-6-13-28(24)25)17-27(18-22)26(29)20-9-3-2-4-10-20;2-1-3/h2-4,7-11,14,21-22,24-25H,5-6,12-13,15-18H2,1H3;1H,(H,2,3)/t21-,22+,24+,25+;/m1./s1. The van der Waals surface area contributed by atoms with Gasteiger partial charge in [0.05, 0.1) is 7.11 Å². The highest BCUT2D eigenvalue weighted by molar-refractivity contribution is 5.94. The van der Waals surface area contributed by atoms with E-state index in [-0.39, 0.29) is 12.4 Å². The van der Waals surface area contributed by atoms with Crippen LogP contribution in [0.5, 0.6) is 5.75 Å². The van der Waals surface area contributed by atoms with Gasteiger partial charge in [-0.3, -0.25) is 14.5 Å². The molecule has 0 unspecified atom stereocenters. The number of carboxylic acid groups (broad SMARTS) is 1. The number of ether oxygens (including phenoxy) is 1. The Kier molecular flexibility index (Phi) is 7.65. The Bertz CT molecular complexity index is 935. The minimum Gasteiger partial charge on any atom is -0.497 e. The third kappa shape index (κ3) is 5.22. The molecule has 3 fully saturated rings. The lowest BCUT2D eigenvalue weighted by Gasteiger charge is -2.57. The molecule has 5 rings (SSSR count). The molecular formula is C27H34N2O4. The van der Waals surface area contributed by atoms with Gasteiger partial charge in [0.25, 0.3) is 12.4 Å². The van der Waals surface area contributed by atoms with Gasteiger partial charge in [-0.05, 0) is 73.9 Å². The molecule has 6 nitrogen and oxygen atoms in total. The van der Waals surface area contributed by atoms with E-state index < -0.39 is 0 Å². The van der Waals surface area contributed by atoms with Gasteiger partial charge in [0, 0.05) is 30.7 Å². The van der Waals surface area contributed by atoms with E-state index in [1.807, 2.05) is 36.4 Å². The molecule has 33 heavy (non-hydrogen) atoms. The molecular weight excluding hydrogens is 416 g/mol. The molecule has 0 aliphatic carbocycles. The summed E-state index contributed by atoms with van der Waals surface area (Å²) in [6.07, 6.45) is 6.20. The first kappa shape index (κ1) is 23.3. The first-order valence-electron chi connectivity index (χ1n) is 12.0. The molecule has 2 bridgehead atoms. The van der Waals surface area contributed by atoms with Crippen molar-refractivity contribution >= 4 is 12.4 Å². The fraction of sp³-hybridized carbons (Fsp3) is 0.481. The Morgan fingerprint density at radius 3 is 2.61 bits per heavy atom. The second kappa shape index (κ2) is 10.8. The molecule has 176 valence electrons. The van der Waals surface area contributed by atoms with Crippen molar-refractivity contribution in [3.05, 3.63) is 65.7 Å². The van der Waals surface area contributed by atoms with Crippen LogP contribution in [0, 0.1) is 11.8 Å². The number of hydrogen-bond donors (Lipinski definition) is 1. The lowest BCUT2D eigenvalue weighted by molar-refractivity contribution is -0.122. The molecule has 0 aromatic heterocycles. The zero-order chi connectivity index (χ0) is 23.2. The van der Waals surface area contributed by atoms with E-state index in [1.165, 1.54) is 37.8 Å². The summed E-state index contributed by atoms with van der Waals surface area (Å²) < 4.78 is 5.46. The molecule has 1 N–H and O–H groups in total. The molecule has 3 heterocycles. The van der Waals surface area contributed by atoms with Crippen molar-refractivity contribution in [2.75, 3.05) is 26.7 Å². The number of fused-ring (bicyclic) bond motifs is 4. The molecule has 2 aromatic carbocycles. The average Bonchev–Trinajstić information content (AvgIpc) is 2.87. The van der Waals surface area contributed by atoms with Crippen LogP contribution in [0.1, 0.15) is 41.6 Å². The Morgan fingerprint density at radius 1 is 1.09 bits per heavy atom. The summed E-state index contributed by atoms with van der Waals surface area (Å²) in [5, 5.41) is 6.89. The molecule has 3 aliphatic rings. The normalized spacial score (nSPS) is 26.4. The van der Waals surface area contributed by atoms with Crippen LogP contribution in [0.4, 0.5) is 0 Å². The molecule has 3 aliphatic heterocycles. The van der Waals surface area contributed by atoms with Crippen LogP contribution in [-0.4, -0.2) is 66.1 Å². The molecule has 4 atom stereocenters. The highest BCUT2D eigenvalue weighted by Gasteiger charge is 2.47. The number of nitrogens with zero attached hydrogens (tertiary/aromatic N) is 2. The molecule has 0 radical (unpaired) electrons. The average molecular weight is 451 g/mol. The van der Waals surface area contributed by atoms with Crippen molar-refractivity contribution in [2.24, 2.45) is 11.8 Å². The lowest BCUT2D eigenvalue weighted by Crippen LogP contribution is -2.64. The van der Waals surface area contributed by atoms with E-state index in [2.05, 4.69) is 28.0 Å². The highest BCUT2D eigenvalue weighted by atomic mass is 16.5. The number of piperidine rings is 3. The minimum atomic E-state index is -0.250. The summed E-state index contributed by atoms with van der Waals surface area (Å²) in [4.78, 5) is 26.6. The van der Waals surface area contributed by atoms with E-state index in [0.717, 1.165) is 30.8 Å². The molecule has 0 saturated carbocycles. The second-order valence-corrected chi connectivity index (χ2v) is 9.36. The summed E-state index contributed by atoms with van der Waals surface area (Å²) in [6, 6.07) is 19.5. The first-order chi connectivity index (χ1) is 16.1. The van der Waals surface area contributed by atoms with Gasteiger partial charge in [-0.2, -0.15) is 0 Å². The maximum absolute atomic E-state index is 13.2.